The second-order valence-corrected chi connectivity index (χ2v) is 5.48. The number of alkyl halides is 1. The summed E-state index contributed by atoms with van der Waals surface area (Å²) in [7, 11) is 0. The molecule has 0 radical (unpaired) electrons. The molecule has 0 aliphatic rings. The van der Waals surface area contributed by atoms with Crippen LogP contribution < -0.4 is 4.74 Å². The van der Waals surface area contributed by atoms with Crippen LogP contribution in [0.15, 0.2) is 40.9 Å². The molecule has 0 aromatic heterocycles. The van der Waals surface area contributed by atoms with Gasteiger partial charge in [0.05, 0.1) is 0 Å². The fourth-order valence-electron chi connectivity index (χ4n) is 1.42. The third-order valence-electron chi connectivity index (χ3n) is 2.24. The molecular weight excluding hydrogens is 386 g/mol. The van der Waals surface area contributed by atoms with Crippen LogP contribution in [0.5, 0.6) is 11.5 Å². The number of halogens is 4. The van der Waals surface area contributed by atoms with Gasteiger partial charge in [-0.1, -0.05) is 49.5 Å². The molecule has 5 heteroatoms. The Balaban J connectivity index is 2.25. The normalized spacial score (nSPS) is 10.4. The van der Waals surface area contributed by atoms with E-state index in [1.807, 2.05) is 6.07 Å². The Kier molecular flexibility index (Phi) is 4.65. The molecule has 0 aliphatic carbocycles. The van der Waals surface area contributed by atoms with Crippen LogP contribution in [0, 0.1) is 5.82 Å². The maximum atomic E-state index is 13.2. The van der Waals surface area contributed by atoms with Crippen molar-refractivity contribution in [3.8, 4) is 11.5 Å². The number of hydrogen-bond donors (Lipinski definition) is 0. The molecule has 0 aliphatic heterocycles. The second kappa shape index (κ2) is 6.04. The smallest absolute Gasteiger partial charge is 0.131 e. The Morgan fingerprint density at radius 1 is 1.11 bits per heavy atom. The minimum atomic E-state index is -0.359. The van der Waals surface area contributed by atoms with E-state index < -0.39 is 0 Å². The van der Waals surface area contributed by atoms with E-state index in [0.717, 1.165) is 5.56 Å². The van der Waals surface area contributed by atoms with E-state index in [9.17, 15) is 4.39 Å². The first kappa shape index (κ1) is 13.8. The molecule has 0 saturated carbocycles. The first-order valence-electron chi connectivity index (χ1n) is 5.07. The topological polar surface area (TPSA) is 9.23 Å². The Morgan fingerprint density at radius 2 is 1.89 bits per heavy atom. The molecule has 2 aromatic carbocycles. The monoisotopic (exact) mass is 392 g/mol. The summed E-state index contributed by atoms with van der Waals surface area (Å²) in [5.41, 5.74) is 0.976. The lowest BCUT2D eigenvalue weighted by Gasteiger charge is -2.08. The highest BCUT2D eigenvalue weighted by Crippen LogP contribution is 2.29. The standard InChI is InChI=1S/C13H8Br2ClFO/c14-7-8-1-2-11(6-13(8)16)18-12-4-9(15)3-10(17)5-12/h1-6H,7H2. The highest BCUT2D eigenvalue weighted by Gasteiger charge is 2.05. The van der Waals surface area contributed by atoms with Crippen LogP contribution in [-0.4, -0.2) is 0 Å². The van der Waals surface area contributed by atoms with Crippen LogP contribution in [-0.2, 0) is 5.33 Å². The molecule has 0 N–H and O–H groups in total. The molecule has 0 bridgehead atoms. The number of ether oxygens (including phenoxy) is 1. The molecule has 0 heterocycles. The van der Waals surface area contributed by atoms with Gasteiger partial charge < -0.3 is 4.74 Å². The lowest BCUT2D eigenvalue weighted by molar-refractivity contribution is 0.476. The third-order valence-corrected chi connectivity index (χ3v) is 3.65. The Bertz CT molecular complexity index is 555. The Hall–Kier alpha value is -0.580. The summed E-state index contributed by atoms with van der Waals surface area (Å²) in [6.45, 7) is 0. The number of hydrogen-bond acceptors (Lipinski definition) is 1. The zero-order chi connectivity index (χ0) is 13.1. The largest absolute Gasteiger partial charge is 0.457 e. The van der Waals surface area contributed by atoms with Gasteiger partial charge in [-0.2, -0.15) is 0 Å². The van der Waals surface area contributed by atoms with Crippen molar-refractivity contribution in [2.45, 2.75) is 5.33 Å². The van der Waals surface area contributed by atoms with Crippen LogP contribution in [0.2, 0.25) is 5.02 Å². The zero-order valence-corrected chi connectivity index (χ0v) is 13.0. The fourth-order valence-corrected chi connectivity index (χ4v) is 2.76. The predicted octanol–water partition coefficient (Wildman–Crippen LogP) is 5.93. The van der Waals surface area contributed by atoms with Crippen molar-refractivity contribution >= 4 is 43.5 Å². The summed E-state index contributed by atoms with van der Waals surface area (Å²) in [5.74, 6) is 0.634. The van der Waals surface area contributed by atoms with Gasteiger partial charge in [0.25, 0.3) is 0 Å². The summed E-state index contributed by atoms with van der Waals surface area (Å²) >= 11 is 12.6. The third kappa shape index (κ3) is 3.46. The average molecular weight is 394 g/mol. The van der Waals surface area contributed by atoms with Crippen LogP contribution in [0.4, 0.5) is 4.39 Å². The lowest BCUT2D eigenvalue weighted by Crippen LogP contribution is -1.87. The van der Waals surface area contributed by atoms with E-state index in [0.29, 0.717) is 26.3 Å². The predicted molar refractivity (Wildman–Crippen MR) is 78.3 cm³/mol. The quantitative estimate of drug-likeness (QED) is 0.587. The van der Waals surface area contributed by atoms with Crippen molar-refractivity contribution in [3.63, 3.8) is 0 Å². The summed E-state index contributed by atoms with van der Waals surface area (Å²) in [4.78, 5) is 0. The van der Waals surface area contributed by atoms with Crippen LogP contribution in [0.3, 0.4) is 0 Å². The molecule has 2 aromatic rings. The highest BCUT2D eigenvalue weighted by molar-refractivity contribution is 9.10. The van der Waals surface area contributed by atoms with E-state index in [1.54, 1.807) is 18.2 Å². The fraction of sp³-hybridized carbons (Fsp3) is 0.0769. The van der Waals surface area contributed by atoms with Gasteiger partial charge in [-0.15, -0.1) is 0 Å². The molecule has 0 spiro atoms. The molecule has 0 saturated heterocycles. The number of benzene rings is 2. The van der Waals surface area contributed by atoms with Crippen molar-refractivity contribution in [2.24, 2.45) is 0 Å². The van der Waals surface area contributed by atoms with Crippen molar-refractivity contribution in [1.82, 2.24) is 0 Å². The first-order valence-corrected chi connectivity index (χ1v) is 7.36. The molecule has 0 fully saturated rings. The van der Waals surface area contributed by atoms with Gasteiger partial charge in [-0.05, 0) is 29.8 Å². The highest BCUT2D eigenvalue weighted by atomic mass is 79.9. The van der Waals surface area contributed by atoms with E-state index in [-0.39, 0.29) is 5.82 Å². The summed E-state index contributed by atoms with van der Waals surface area (Å²) in [5, 5.41) is 1.29. The molecular formula is C13H8Br2ClFO. The Morgan fingerprint density at radius 3 is 2.50 bits per heavy atom. The molecule has 1 nitrogen and oxygen atoms in total. The van der Waals surface area contributed by atoms with Crippen molar-refractivity contribution in [3.05, 3.63) is 57.3 Å². The second-order valence-electron chi connectivity index (χ2n) is 3.59. The molecule has 0 unspecified atom stereocenters. The molecule has 2 rings (SSSR count). The molecule has 0 amide bonds. The van der Waals surface area contributed by atoms with Gasteiger partial charge in [-0.3, -0.25) is 0 Å². The van der Waals surface area contributed by atoms with E-state index in [2.05, 4.69) is 31.9 Å². The Labute approximate surface area is 126 Å². The minimum Gasteiger partial charge on any atom is -0.457 e. The number of rotatable bonds is 3. The van der Waals surface area contributed by atoms with E-state index in [1.165, 1.54) is 12.1 Å². The lowest BCUT2D eigenvalue weighted by atomic mass is 10.2. The van der Waals surface area contributed by atoms with E-state index in [4.69, 9.17) is 16.3 Å². The van der Waals surface area contributed by atoms with Gasteiger partial charge in [0.2, 0.25) is 0 Å². The first-order chi connectivity index (χ1) is 8.58. The summed E-state index contributed by atoms with van der Waals surface area (Å²) < 4.78 is 19.4. The van der Waals surface area contributed by atoms with Gasteiger partial charge in [-0.25, -0.2) is 4.39 Å². The van der Waals surface area contributed by atoms with Crippen LogP contribution in [0.1, 0.15) is 5.56 Å². The molecule has 18 heavy (non-hydrogen) atoms. The van der Waals surface area contributed by atoms with Crippen LogP contribution in [0.25, 0.3) is 0 Å². The van der Waals surface area contributed by atoms with Crippen molar-refractivity contribution < 1.29 is 9.13 Å². The maximum Gasteiger partial charge on any atom is 0.131 e. The van der Waals surface area contributed by atoms with Gasteiger partial charge >= 0.3 is 0 Å². The maximum absolute atomic E-state index is 13.2. The van der Waals surface area contributed by atoms with Gasteiger partial charge in [0.1, 0.15) is 17.3 Å². The minimum absolute atomic E-state index is 0.359. The van der Waals surface area contributed by atoms with Gasteiger partial charge in [0, 0.05) is 20.9 Å². The van der Waals surface area contributed by atoms with Crippen molar-refractivity contribution in [1.29, 1.82) is 0 Å². The SMILES string of the molecule is Fc1cc(Br)cc(Oc2ccc(CBr)c(Cl)c2)c1. The molecule has 0 atom stereocenters. The molecule has 94 valence electrons. The summed E-state index contributed by atoms with van der Waals surface area (Å²) in [6.07, 6.45) is 0. The van der Waals surface area contributed by atoms with Gasteiger partial charge in [0.15, 0.2) is 0 Å². The average Bonchev–Trinajstić information content (AvgIpc) is 2.27. The van der Waals surface area contributed by atoms with Crippen LogP contribution >= 0.6 is 43.5 Å². The van der Waals surface area contributed by atoms with Crippen molar-refractivity contribution in [2.75, 3.05) is 0 Å². The van der Waals surface area contributed by atoms with E-state index >= 15 is 0 Å². The zero-order valence-electron chi connectivity index (χ0n) is 9.09. The summed E-state index contributed by atoms with van der Waals surface area (Å²) in [6, 6.07) is 9.74.